The Kier molecular flexibility index (Phi) is 3.61. The highest BCUT2D eigenvalue weighted by Crippen LogP contribution is 2.21. The van der Waals surface area contributed by atoms with Crippen LogP contribution in [0.4, 0.5) is 11.6 Å². The number of aryl methyl sites for hydroxylation is 2. The summed E-state index contributed by atoms with van der Waals surface area (Å²) in [5, 5.41) is 11.8. The average Bonchev–Trinajstić information content (AvgIpc) is 3.19. The smallest absolute Gasteiger partial charge is 0.248 e. The number of nitrogens with zero attached hydrogens (tertiary/aromatic N) is 6. The van der Waals surface area contributed by atoms with Crippen molar-refractivity contribution in [2.45, 2.75) is 6.92 Å². The fourth-order valence-corrected chi connectivity index (χ4v) is 2.76. The Labute approximate surface area is 148 Å². The Hall–Kier alpha value is -3.75. The lowest BCUT2D eigenvalue weighted by Crippen LogP contribution is -2.12. The lowest BCUT2D eigenvalue weighted by atomic mass is 10.1. The molecule has 0 unspecified atom stereocenters. The average molecular weight is 348 g/mol. The Balaban J connectivity index is 1.70. The maximum Gasteiger partial charge on any atom is 0.248 e. The highest BCUT2D eigenvalue weighted by Gasteiger charge is 2.12. The van der Waals surface area contributed by atoms with Crippen LogP contribution in [0.3, 0.4) is 0 Å². The Morgan fingerprint density at radius 1 is 1.23 bits per heavy atom. The fourth-order valence-electron chi connectivity index (χ4n) is 2.76. The van der Waals surface area contributed by atoms with Gasteiger partial charge in [-0.2, -0.15) is 10.1 Å². The number of amides is 1. The second-order valence-electron chi connectivity index (χ2n) is 5.92. The van der Waals surface area contributed by atoms with Gasteiger partial charge in [-0.25, -0.2) is 4.52 Å². The predicted molar refractivity (Wildman–Crippen MR) is 96.0 cm³/mol. The molecule has 0 aliphatic carbocycles. The summed E-state index contributed by atoms with van der Waals surface area (Å²) in [6.45, 7) is 1.83. The van der Waals surface area contributed by atoms with Crippen molar-refractivity contribution in [2.24, 2.45) is 12.8 Å². The molecule has 0 aliphatic rings. The van der Waals surface area contributed by atoms with Crippen LogP contribution < -0.4 is 11.1 Å². The SMILES string of the molecule is Cc1cc(Nc2nc3cncc(-c4cnn(C)c4)n3n2)ccc1C(N)=O. The van der Waals surface area contributed by atoms with Crippen molar-refractivity contribution in [1.82, 2.24) is 29.4 Å². The fraction of sp³-hybridized carbons (Fsp3) is 0.118. The van der Waals surface area contributed by atoms with E-state index in [9.17, 15) is 4.79 Å². The third kappa shape index (κ3) is 2.75. The van der Waals surface area contributed by atoms with Crippen LogP contribution in [0.1, 0.15) is 15.9 Å². The van der Waals surface area contributed by atoms with Crippen LogP contribution in [-0.4, -0.2) is 35.3 Å². The van der Waals surface area contributed by atoms with Gasteiger partial charge in [-0.15, -0.1) is 5.10 Å². The van der Waals surface area contributed by atoms with Gasteiger partial charge in [-0.1, -0.05) is 0 Å². The molecular formula is C17H16N8O. The van der Waals surface area contributed by atoms with Gasteiger partial charge in [0.2, 0.25) is 11.9 Å². The number of nitrogens with one attached hydrogen (secondary N) is 1. The van der Waals surface area contributed by atoms with Gasteiger partial charge in [0.25, 0.3) is 0 Å². The molecule has 3 heterocycles. The number of carbonyl (C=O) groups is 1. The van der Waals surface area contributed by atoms with Gasteiger partial charge in [0.05, 0.1) is 24.3 Å². The topological polar surface area (TPSA) is 116 Å². The van der Waals surface area contributed by atoms with Crippen LogP contribution >= 0.6 is 0 Å². The first kappa shape index (κ1) is 15.8. The van der Waals surface area contributed by atoms with Gasteiger partial charge in [0, 0.05) is 30.1 Å². The molecule has 0 bridgehead atoms. The lowest BCUT2D eigenvalue weighted by molar-refractivity contribution is 0.1000. The summed E-state index contributed by atoms with van der Waals surface area (Å²) in [6.07, 6.45) is 6.99. The summed E-state index contributed by atoms with van der Waals surface area (Å²) in [7, 11) is 1.85. The quantitative estimate of drug-likeness (QED) is 0.579. The van der Waals surface area contributed by atoms with E-state index in [0.29, 0.717) is 17.2 Å². The van der Waals surface area contributed by atoms with Crippen molar-refractivity contribution in [3.05, 3.63) is 54.1 Å². The molecule has 9 heteroatoms. The minimum absolute atomic E-state index is 0.425. The lowest BCUT2D eigenvalue weighted by Gasteiger charge is -2.06. The maximum absolute atomic E-state index is 11.3. The third-order valence-corrected chi connectivity index (χ3v) is 4.00. The second kappa shape index (κ2) is 5.96. The van der Waals surface area contributed by atoms with Crippen molar-refractivity contribution in [3.8, 4) is 11.3 Å². The van der Waals surface area contributed by atoms with Gasteiger partial charge >= 0.3 is 0 Å². The van der Waals surface area contributed by atoms with E-state index < -0.39 is 5.91 Å². The molecule has 0 radical (unpaired) electrons. The highest BCUT2D eigenvalue weighted by atomic mass is 16.1. The number of hydrogen-bond acceptors (Lipinski definition) is 6. The molecule has 26 heavy (non-hydrogen) atoms. The molecule has 0 fully saturated rings. The van der Waals surface area contributed by atoms with Crippen molar-refractivity contribution in [1.29, 1.82) is 0 Å². The predicted octanol–water partition coefficient (Wildman–Crippen LogP) is 1.68. The molecule has 4 rings (SSSR count). The van der Waals surface area contributed by atoms with Gasteiger partial charge in [-0.3, -0.25) is 14.5 Å². The van der Waals surface area contributed by atoms with Crippen molar-refractivity contribution < 1.29 is 4.79 Å². The maximum atomic E-state index is 11.3. The van der Waals surface area contributed by atoms with E-state index in [2.05, 4.69) is 25.5 Å². The summed E-state index contributed by atoms with van der Waals surface area (Å²) in [5.74, 6) is -0.0264. The number of fused-ring (bicyclic) bond motifs is 1. The largest absolute Gasteiger partial charge is 0.366 e. The molecular weight excluding hydrogens is 332 g/mol. The van der Waals surface area contributed by atoms with E-state index in [4.69, 9.17) is 5.73 Å². The Bertz CT molecular complexity index is 1130. The van der Waals surface area contributed by atoms with Crippen molar-refractivity contribution >= 4 is 23.2 Å². The normalized spacial score (nSPS) is 11.0. The van der Waals surface area contributed by atoms with Gasteiger partial charge in [-0.05, 0) is 30.7 Å². The van der Waals surface area contributed by atoms with Crippen LogP contribution in [0.15, 0.2) is 43.0 Å². The van der Waals surface area contributed by atoms with Crippen LogP contribution in [0.2, 0.25) is 0 Å². The standard InChI is InChI=1S/C17H16N8O/c1-10-5-12(3-4-13(10)16(18)26)21-17-22-15-8-19-7-14(25(15)23-17)11-6-20-24(2)9-11/h3-9H,1-2H3,(H2,18,26)(H,21,23). The first-order valence-corrected chi connectivity index (χ1v) is 7.88. The zero-order valence-electron chi connectivity index (χ0n) is 14.2. The third-order valence-electron chi connectivity index (χ3n) is 4.00. The van der Waals surface area contributed by atoms with Gasteiger partial charge in [0.15, 0.2) is 5.65 Å². The molecule has 0 saturated carbocycles. The number of hydrogen-bond donors (Lipinski definition) is 2. The molecule has 4 aromatic rings. The molecule has 1 aromatic carbocycles. The van der Waals surface area contributed by atoms with E-state index in [1.165, 1.54) is 0 Å². The van der Waals surface area contributed by atoms with Gasteiger partial charge < -0.3 is 11.1 Å². The number of carbonyl (C=O) groups excluding carboxylic acids is 1. The Morgan fingerprint density at radius 3 is 2.77 bits per heavy atom. The van der Waals surface area contributed by atoms with E-state index in [1.54, 1.807) is 39.9 Å². The summed E-state index contributed by atoms with van der Waals surface area (Å²) in [6, 6.07) is 5.27. The number of anilines is 2. The van der Waals surface area contributed by atoms with Crippen molar-refractivity contribution in [3.63, 3.8) is 0 Å². The van der Waals surface area contributed by atoms with Crippen LogP contribution in [-0.2, 0) is 7.05 Å². The van der Waals surface area contributed by atoms with E-state index in [-0.39, 0.29) is 0 Å². The van der Waals surface area contributed by atoms with Crippen LogP contribution in [0.5, 0.6) is 0 Å². The first-order valence-electron chi connectivity index (χ1n) is 7.88. The van der Waals surface area contributed by atoms with Crippen LogP contribution in [0.25, 0.3) is 16.9 Å². The zero-order chi connectivity index (χ0) is 18.3. The minimum Gasteiger partial charge on any atom is -0.366 e. The number of rotatable bonds is 4. The summed E-state index contributed by atoms with van der Waals surface area (Å²) in [4.78, 5) is 20.0. The second-order valence-corrected chi connectivity index (χ2v) is 5.92. The van der Waals surface area contributed by atoms with E-state index >= 15 is 0 Å². The Morgan fingerprint density at radius 2 is 2.08 bits per heavy atom. The molecule has 0 saturated heterocycles. The van der Waals surface area contributed by atoms with E-state index in [0.717, 1.165) is 22.5 Å². The summed E-state index contributed by atoms with van der Waals surface area (Å²) in [5.41, 5.74) is 9.66. The van der Waals surface area contributed by atoms with Crippen molar-refractivity contribution in [2.75, 3.05) is 5.32 Å². The number of nitrogens with two attached hydrogens (primary N) is 1. The first-order chi connectivity index (χ1) is 12.5. The van der Waals surface area contributed by atoms with E-state index in [1.807, 2.05) is 26.2 Å². The zero-order valence-corrected chi connectivity index (χ0v) is 14.2. The molecule has 0 spiro atoms. The monoisotopic (exact) mass is 348 g/mol. The summed E-state index contributed by atoms with van der Waals surface area (Å²) >= 11 is 0. The molecule has 3 aromatic heterocycles. The van der Waals surface area contributed by atoms with Gasteiger partial charge in [0.1, 0.15) is 0 Å². The number of primary amides is 1. The number of aromatic nitrogens is 6. The van der Waals surface area contributed by atoms with Crippen LogP contribution in [0, 0.1) is 6.92 Å². The minimum atomic E-state index is -0.452. The number of benzene rings is 1. The highest BCUT2D eigenvalue weighted by molar-refractivity contribution is 5.94. The molecule has 0 aliphatic heterocycles. The molecule has 3 N–H and O–H groups in total. The summed E-state index contributed by atoms with van der Waals surface area (Å²) < 4.78 is 3.42. The molecule has 0 atom stereocenters. The molecule has 9 nitrogen and oxygen atoms in total. The molecule has 130 valence electrons. The molecule has 1 amide bonds.